The van der Waals surface area contributed by atoms with E-state index in [0.29, 0.717) is 13.2 Å². The molecule has 0 aromatic rings. The van der Waals surface area contributed by atoms with Gasteiger partial charge in [0.2, 0.25) is 5.91 Å². The molecule has 8 heteroatoms. The van der Waals surface area contributed by atoms with Gasteiger partial charge in [-0.25, -0.2) is 4.79 Å². The van der Waals surface area contributed by atoms with Gasteiger partial charge in [-0.1, -0.05) is 0 Å². The van der Waals surface area contributed by atoms with Gasteiger partial charge in [-0.15, -0.1) is 0 Å². The molecule has 3 amide bonds. The van der Waals surface area contributed by atoms with E-state index in [1.807, 2.05) is 0 Å². The Balaban J connectivity index is 3.51. The molecule has 0 radical (unpaired) electrons. The van der Waals surface area contributed by atoms with Crippen LogP contribution in [0.3, 0.4) is 0 Å². The number of hydrogen-bond donors (Lipinski definition) is 4. The van der Waals surface area contributed by atoms with Crippen molar-refractivity contribution < 1.29 is 24.2 Å². The van der Waals surface area contributed by atoms with Crippen LogP contribution in [0.2, 0.25) is 0 Å². The molecule has 0 atom stereocenters. The lowest BCUT2D eigenvalue weighted by Crippen LogP contribution is -2.43. The Hall–Kier alpha value is -1.83. The van der Waals surface area contributed by atoms with E-state index in [2.05, 4.69) is 16.0 Å². The molecule has 0 heterocycles. The van der Waals surface area contributed by atoms with Crippen molar-refractivity contribution in [1.82, 2.24) is 16.0 Å². The topological polar surface area (TPSA) is 117 Å². The molecule has 0 rings (SSSR count). The van der Waals surface area contributed by atoms with E-state index in [1.165, 1.54) is 7.11 Å². The molecule has 92 valence electrons. The molecule has 16 heavy (non-hydrogen) atoms. The van der Waals surface area contributed by atoms with Gasteiger partial charge in [0.05, 0.1) is 13.2 Å². The average molecular weight is 233 g/mol. The highest BCUT2D eigenvalue weighted by molar-refractivity contribution is 5.85. The second-order valence-corrected chi connectivity index (χ2v) is 2.77. The van der Waals surface area contributed by atoms with Crippen LogP contribution in [-0.2, 0) is 14.3 Å². The predicted molar refractivity (Wildman–Crippen MR) is 53.9 cm³/mol. The maximum Gasteiger partial charge on any atom is 0.323 e. The highest BCUT2D eigenvalue weighted by atomic mass is 16.5. The lowest BCUT2D eigenvalue weighted by Gasteiger charge is -2.06. The lowest BCUT2D eigenvalue weighted by atomic mass is 10.5. The second-order valence-electron chi connectivity index (χ2n) is 2.77. The summed E-state index contributed by atoms with van der Waals surface area (Å²) in [5, 5.41) is 15.0. The fraction of sp³-hybridized carbons (Fsp3) is 0.625. The van der Waals surface area contributed by atoms with Gasteiger partial charge >= 0.3 is 12.0 Å². The summed E-state index contributed by atoms with van der Waals surface area (Å²) >= 11 is 0. The summed E-state index contributed by atoms with van der Waals surface area (Å²) in [5.74, 6) is -1.53. The molecule has 8 nitrogen and oxygen atoms in total. The Morgan fingerprint density at radius 1 is 1.12 bits per heavy atom. The number of carbonyl (C=O) groups is 3. The number of rotatable bonds is 7. The predicted octanol–water partition coefficient (Wildman–Crippen LogP) is -1.87. The van der Waals surface area contributed by atoms with Gasteiger partial charge in [0.15, 0.2) is 0 Å². The number of carboxylic acid groups (broad SMARTS) is 1. The van der Waals surface area contributed by atoms with Crippen LogP contribution < -0.4 is 16.0 Å². The summed E-state index contributed by atoms with van der Waals surface area (Å²) in [6, 6.07) is -0.704. The maximum atomic E-state index is 11.0. The molecule has 0 aliphatic heterocycles. The summed E-state index contributed by atoms with van der Waals surface area (Å²) in [4.78, 5) is 32.0. The number of amides is 3. The van der Waals surface area contributed by atoms with Crippen molar-refractivity contribution >= 4 is 17.9 Å². The zero-order chi connectivity index (χ0) is 12.4. The zero-order valence-electron chi connectivity index (χ0n) is 8.91. The van der Waals surface area contributed by atoms with E-state index in [-0.39, 0.29) is 12.5 Å². The molecule has 0 unspecified atom stereocenters. The summed E-state index contributed by atoms with van der Waals surface area (Å²) in [7, 11) is 1.50. The Bertz CT molecular complexity index is 256. The van der Waals surface area contributed by atoms with Crippen LogP contribution in [0.25, 0.3) is 0 Å². The Labute approximate surface area is 92.3 Å². The minimum absolute atomic E-state index is 0.213. The summed E-state index contributed by atoms with van der Waals surface area (Å²) < 4.78 is 4.70. The van der Waals surface area contributed by atoms with E-state index >= 15 is 0 Å². The smallest absolute Gasteiger partial charge is 0.323 e. The van der Waals surface area contributed by atoms with Crippen LogP contribution in [-0.4, -0.2) is 56.4 Å². The quantitative estimate of drug-likeness (QED) is 0.384. The van der Waals surface area contributed by atoms with Crippen molar-refractivity contribution in [2.75, 3.05) is 33.4 Å². The molecule has 4 N–H and O–H groups in total. The van der Waals surface area contributed by atoms with Crippen LogP contribution in [0.5, 0.6) is 0 Å². The van der Waals surface area contributed by atoms with Crippen molar-refractivity contribution in [2.45, 2.75) is 0 Å². The van der Waals surface area contributed by atoms with E-state index in [1.54, 1.807) is 0 Å². The Morgan fingerprint density at radius 2 is 1.75 bits per heavy atom. The SMILES string of the molecule is COCCNC(=O)CNC(=O)NCC(=O)O. The zero-order valence-corrected chi connectivity index (χ0v) is 8.91. The standard InChI is InChI=1S/C8H15N3O5/c1-16-3-2-9-6(12)4-10-8(15)11-5-7(13)14/h2-5H2,1H3,(H,9,12)(H,13,14)(H2,10,11,15). The van der Waals surface area contributed by atoms with E-state index in [4.69, 9.17) is 9.84 Å². The van der Waals surface area contributed by atoms with E-state index in [9.17, 15) is 14.4 Å². The van der Waals surface area contributed by atoms with E-state index in [0.717, 1.165) is 0 Å². The van der Waals surface area contributed by atoms with Gasteiger partial charge in [-0.2, -0.15) is 0 Å². The first-order valence-corrected chi connectivity index (χ1v) is 4.55. The van der Waals surface area contributed by atoms with Gasteiger partial charge in [0, 0.05) is 13.7 Å². The number of aliphatic carboxylic acids is 1. The molecule has 0 aliphatic carbocycles. The number of nitrogens with one attached hydrogen (secondary N) is 3. The molecule has 0 aliphatic rings. The Morgan fingerprint density at radius 3 is 2.31 bits per heavy atom. The Kier molecular flexibility index (Phi) is 7.51. The van der Waals surface area contributed by atoms with Gasteiger partial charge in [-0.05, 0) is 0 Å². The third-order valence-electron chi connectivity index (χ3n) is 1.44. The van der Waals surface area contributed by atoms with Crippen LogP contribution in [0.15, 0.2) is 0 Å². The normalized spacial score (nSPS) is 9.31. The first-order chi connectivity index (χ1) is 7.56. The van der Waals surface area contributed by atoms with Gasteiger partial charge in [0.25, 0.3) is 0 Å². The van der Waals surface area contributed by atoms with Crippen molar-refractivity contribution in [2.24, 2.45) is 0 Å². The molecule has 0 fully saturated rings. The lowest BCUT2D eigenvalue weighted by molar-refractivity contribution is -0.135. The largest absolute Gasteiger partial charge is 0.480 e. The number of carbonyl (C=O) groups excluding carboxylic acids is 2. The molecule has 0 bridgehead atoms. The molecular formula is C8H15N3O5. The fourth-order valence-corrected chi connectivity index (χ4v) is 0.734. The molecule has 0 aromatic heterocycles. The van der Waals surface area contributed by atoms with Crippen molar-refractivity contribution in [3.63, 3.8) is 0 Å². The fourth-order valence-electron chi connectivity index (χ4n) is 0.734. The minimum Gasteiger partial charge on any atom is -0.480 e. The van der Waals surface area contributed by atoms with Crippen LogP contribution in [0.4, 0.5) is 4.79 Å². The van der Waals surface area contributed by atoms with Gasteiger partial charge in [-0.3, -0.25) is 9.59 Å². The van der Waals surface area contributed by atoms with Crippen LogP contribution in [0.1, 0.15) is 0 Å². The number of ether oxygens (including phenoxy) is 1. The number of urea groups is 1. The molecule has 0 saturated heterocycles. The van der Waals surface area contributed by atoms with Crippen molar-refractivity contribution in [3.05, 3.63) is 0 Å². The summed E-state index contributed by atoms with van der Waals surface area (Å²) in [6.45, 7) is 0.0387. The average Bonchev–Trinajstić information content (AvgIpc) is 2.24. The van der Waals surface area contributed by atoms with Crippen LogP contribution in [0, 0.1) is 0 Å². The van der Waals surface area contributed by atoms with Gasteiger partial charge in [0.1, 0.15) is 6.54 Å². The number of hydrogen-bond acceptors (Lipinski definition) is 4. The summed E-state index contributed by atoms with van der Waals surface area (Å²) in [5.41, 5.74) is 0. The van der Waals surface area contributed by atoms with E-state index < -0.39 is 18.5 Å². The highest BCUT2D eigenvalue weighted by Crippen LogP contribution is 1.69. The number of methoxy groups -OCH3 is 1. The summed E-state index contributed by atoms with van der Waals surface area (Å²) in [6.07, 6.45) is 0. The molecular weight excluding hydrogens is 218 g/mol. The third kappa shape index (κ3) is 8.75. The molecule has 0 spiro atoms. The van der Waals surface area contributed by atoms with Gasteiger partial charge < -0.3 is 25.8 Å². The van der Waals surface area contributed by atoms with Crippen molar-refractivity contribution in [3.8, 4) is 0 Å². The third-order valence-corrected chi connectivity index (χ3v) is 1.44. The maximum absolute atomic E-state index is 11.0. The van der Waals surface area contributed by atoms with Crippen molar-refractivity contribution in [1.29, 1.82) is 0 Å². The monoisotopic (exact) mass is 233 g/mol. The molecule has 0 saturated carbocycles. The highest BCUT2D eigenvalue weighted by Gasteiger charge is 2.05. The first kappa shape index (κ1) is 14.2. The first-order valence-electron chi connectivity index (χ1n) is 4.55. The van der Waals surface area contributed by atoms with Crippen LogP contribution >= 0.6 is 0 Å². The number of carboxylic acids is 1. The molecule has 0 aromatic carbocycles. The minimum atomic E-state index is -1.15. The second kappa shape index (κ2) is 8.48.